The van der Waals surface area contributed by atoms with E-state index in [9.17, 15) is 4.79 Å². The van der Waals surface area contributed by atoms with E-state index < -0.39 is 0 Å². The van der Waals surface area contributed by atoms with Gasteiger partial charge in [0.1, 0.15) is 0 Å². The van der Waals surface area contributed by atoms with E-state index in [1.165, 1.54) is 23.2 Å². The molecule has 0 saturated heterocycles. The summed E-state index contributed by atoms with van der Waals surface area (Å²) >= 11 is 0. The maximum absolute atomic E-state index is 12.7. The van der Waals surface area contributed by atoms with E-state index in [2.05, 4.69) is 54.5 Å². The molecule has 0 aliphatic carbocycles. The van der Waals surface area contributed by atoms with Gasteiger partial charge in [0.25, 0.3) is 0 Å². The third-order valence-electron chi connectivity index (χ3n) is 5.06. The van der Waals surface area contributed by atoms with Crippen molar-refractivity contribution in [3.63, 3.8) is 0 Å². The summed E-state index contributed by atoms with van der Waals surface area (Å²) in [5.41, 5.74) is 5.02. The first-order valence-electron chi connectivity index (χ1n) is 9.34. The lowest BCUT2D eigenvalue weighted by atomic mass is 9.93. The Bertz CT molecular complexity index is 711. The van der Waals surface area contributed by atoms with Crippen molar-refractivity contribution in [1.82, 2.24) is 5.32 Å². The lowest BCUT2D eigenvalue weighted by Crippen LogP contribution is -2.29. The van der Waals surface area contributed by atoms with Gasteiger partial charge < -0.3 is 10.2 Å². The van der Waals surface area contributed by atoms with Gasteiger partial charge >= 0.3 is 0 Å². The van der Waals surface area contributed by atoms with Gasteiger partial charge in [0, 0.05) is 25.8 Å². The second kappa shape index (κ2) is 8.19. The summed E-state index contributed by atoms with van der Waals surface area (Å²) in [7, 11) is 2.15. The zero-order valence-electron chi connectivity index (χ0n) is 15.3. The quantitative estimate of drug-likeness (QED) is 0.854. The fourth-order valence-corrected chi connectivity index (χ4v) is 3.68. The lowest BCUT2D eigenvalue weighted by Gasteiger charge is -2.28. The summed E-state index contributed by atoms with van der Waals surface area (Å²) < 4.78 is 0. The Morgan fingerprint density at radius 1 is 1.20 bits per heavy atom. The second-order valence-electron chi connectivity index (χ2n) is 6.96. The highest BCUT2D eigenvalue weighted by atomic mass is 16.1. The van der Waals surface area contributed by atoms with Crippen molar-refractivity contribution >= 4 is 11.6 Å². The molecular formula is C22H28N2O. The lowest BCUT2D eigenvalue weighted by molar-refractivity contribution is -0.122. The number of hydrogen-bond acceptors (Lipinski definition) is 2. The third-order valence-corrected chi connectivity index (χ3v) is 5.06. The van der Waals surface area contributed by atoms with Crippen LogP contribution in [-0.2, 0) is 17.8 Å². The predicted molar refractivity (Wildman–Crippen MR) is 104 cm³/mol. The van der Waals surface area contributed by atoms with Gasteiger partial charge in [0.2, 0.25) is 5.91 Å². The number of benzene rings is 2. The number of hydrogen-bond donors (Lipinski definition) is 1. The Balaban J connectivity index is 1.67. The minimum absolute atomic E-state index is 0.0602. The highest BCUT2D eigenvalue weighted by molar-refractivity contribution is 5.83. The van der Waals surface area contributed by atoms with Crippen molar-refractivity contribution in [1.29, 1.82) is 0 Å². The molecule has 0 saturated carbocycles. The van der Waals surface area contributed by atoms with E-state index in [0.29, 0.717) is 6.54 Å². The van der Waals surface area contributed by atoms with Crippen LogP contribution >= 0.6 is 0 Å². The third kappa shape index (κ3) is 4.22. The van der Waals surface area contributed by atoms with Crippen molar-refractivity contribution in [2.24, 2.45) is 0 Å². The van der Waals surface area contributed by atoms with Gasteiger partial charge in [-0.1, -0.05) is 55.8 Å². The molecule has 0 spiro atoms. The number of nitrogens with zero attached hydrogens (tertiary/aromatic N) is 1. The average Bonchev–Trinajstić information content (AvgIpc) is 2.65. The number of amides is 1. The molecule has 2 aromatic carbocycles. The molecule has 1 atom stereocenters. The van der Waals surface area contributed by atoms with E-state index in [0.717, 1.165) is 31.4 Å². The van der Waals surface area contributed by atoms with Crippen molar-refractivity contribution < 1.29 is 4.79 Å². The highest BCUT2D eigenvalue weighted by Crippen LogP contribution is 2.27. The Hall–Kier alpha value is -2.29. The van der Waals surface area contributed by atoms with Gasteiger partial charge in [-0.3, -0.25) is 4.79 Å². The van der Waals surface area contributed by atoms with Gasteiger partial charge in [0.05, 0.1) is 5.92 Å². The van der Waals surface area contributed by atoms with Crippen LogP contribution in [0.25, 0.3) is 0 Å². The number of rotatable bonds is 6. The molecule has 3 nitrogen and oxygen atoms in total. The Labute approximate surface area is 151 Å². The van der Waals surface area contributed by atoms with Crippen molar-refractivity contribution in [3.8, 4) is 0 Å². The van der Waals surface area contributed by atoms with Gasteiger partial charge in [-0.25, -0.2) is 0 Å². The van der Waals surface area contributed by atoms with Crippen molar-refractivity contribution in [2.75, 3.05) is 18.5 Å². The van der Waals surface area contributed by atoms with Crippen LogP contribution in [0.1, 0.15) is 48.8 Å². The first kappa shape index (κ1) is 17.5. The molecule has 3 heteroatoms. The monoisotopic (exact) mass is 336 g/mol. The summed E-state index contributed by atoms with van der Waals surface area (Å²) in [6, 6.07) is 16.7. The minimum Gasteiger partial charge on any atom is -0.374 e. The van der Waals surface area contributed by atoms with Gasteiger partial charge in [-0.05, 0) is 42.0 Å². The maximum Gasteiger partial charge on any atom is 0.227 e. The normalized spacial score (nSPS) is 14.7. The number of fused-ring (bicyclic) bond motifs is 1. The van der Waals surface area contributed by atoms with Gasteiger partial charge in [-0.15, -0.1) is 0 Å². The molecule has 1 heterocycles. The number of nitrogens with one attached hydrogen (secondary N) is 1. The molecule has 0 fully saturated rings. The molecule has 0 aromatic heterocycles. The van der Waals surface area contributed by atoms with Crippen LogP contribution in [0.4, 0.5) is 5.69 Å². The summed E-state index contributed by atoms with van der Waals surface area (Å²) in [4.78, 5) is 15.0. The minimum atomic E-state index is -0.0602. The van der Waals surface area contributed by atoms with Crippen LogP contribution in [0.15, 0.2) is 48.5 Å². The van der Waals surface area contributed by atoms with Crippen LogP contribution in [-0.4, -0.2) is 19.5 Å². The van der Waals surface area contributed by atoms with E-state index >= 15 is 0 Å². The van der Waals surface area contributed by atoms with Gasteiger partial charge in [0.15, 0.2) is 0 Å². The molecule has 1 unspecified atom stereocenters. The molecule has 2 aromatic rings. The summed E-state index contributed by atoms with van der Waals surface area (Å²) in [5, 5.41) is 3.15. The van der Waals surface area contributed by atoms with E-state index in [1.54, 1.807) is 0 Å². The first-order chi connectivity index (χ1) is 12.2. The SMILES string of the molecule is CCCC(C(=O)NCc1ccc2c(c1)CCCN2C)c1ccccc1. The number of anilines is 1. The fourth-order valence-electron chi connectivity index (χ4n) is 3.68. The summed E-state index contributed by atoms with van der Waals surface area (Å²) in [5.74, 6) is 0.0675. The molecule has 3 rings (SSSR count). The zero-order chi connectivity index (χ0) is 17.6. The number of aryl methyl sites for hydroxylation is 1. The van der Waals surface area contributed by atoms with Crippen LogP contribution in [0.2, 0.25) is 0 Å². The molecule has 132 valence electrons. The maximum atomic E-state index is 12.7. The van der Waals surface area contributed by atoms with E-state index in [1.807, 2.05) is 18.2 Å². The topological polar surface area (TPSA) is 32.3 Å². The molecule has 0 bridgehead atoms. The summed E-state index contributed by atoms with van der Waals surface area (Å²) in [6.07, 6.45) is 4.21. The standard InChI is InChI=1S/C22H28N2O/c1-3-8-20(18-9-5-4-6-10-18)22(25)23-16-17-12-13-21-19(15-17)11-7-14-24(21)2/h4-6,9-10,12-13,15,20H,3,7-8,11,14,16H2,1-2H3,(H,23,25). The zero-order valence-corrected chi connectivity index (χ0v) is 15.3. The Morgan fingerprint density at radius 2 is 2.00 bits per heavy atom. The van der Waals surface area contributed by atoms with Crippen LogP contribution < -0.4 is 10.2 Å². The Morgan fingerprint density at radius 3 is 2.76 bits per heavy atom. The molecular weight excluding hydrogens is 308 g/mol. The van der Waals surface area contributed by atoms with E-state index in [-0.39, 0.29) is 11.8 Å². The highest BCUT2D eigenvalue weighted by Gasteiger charge is 2.19. The predicted octanol–water partition coefficient (Wildman–Crippen LogP) is 4.27. The molecule has 1 amide bonds. The van der Waals surface area contributed by atoms with Crippen molar-refractivity contribution in [3.05, 3.63) is 65.2 Å². The molecule has 0 radical (unpaired) electrons. The average molecular weight is 336 g/mol. The fraction of sp³-hybridized carbons (Fsp3) is 0.409. The largest absolute Gasteiger partial charge is 0.374 e. The molecule has 1 aliphatic rings. The smallest absolute Gasteiger partial charge is 0.227 e. The molecule has 25 heavy (non-hydrogen) atoms. The van der Waals surface area contributed by atoms with Crippen LogP contribution in [0.5, 0.6) is 0 Å². The first-order valence-corrected chi connectivity index (χ1v) is 9.34. The Kier molecular flexibility index (Phi) is 5.75. The van der Waals surface area contributed by atoms with E-state index in [4.69, 9.17) is 0 Å². The van der Waals surface area contributed by atoms with Crippen LogP contribution in [0, 0.1) is 0 Å². The number of carbonyl (C=O) groups excluding carboxylic acids is 1. The molecule has 1 N–H and O–H groups in total. The van der Waals surface area contributed by atoms with Crippen molar-refractivity contribution in [2.45, 2.75) is 45.1 Å². The second-order valence-corrected chi connectivity index (χ2v) is 6.96. The molecule has 1 aliphatic heterocycles. The van der Waals surface area contributed by atoms with Gasteiger partial charge in [-0.2, -0.15) is 0 Å². The number of carbonyl (C=O) groups is 1. The van der Waals surface area contributed by atoms with Crippen LogP contribution in [0.3, 0.4) is 0 Å². The summed E-state index contributed by atoms with van der Waals surface area (Å²) in [6.45, 7) is 3.85.